The maximum Gasteiger partial charge on any atom is 0.119 e. The summed E-state index contributed by atoms with van der Waals surface area (Å²) < 4.78 is 5.27. The van der Waals surface area contributed by atoms with Gasteiger partial charge in [0.05, 0.1) is 7.11 Å². The Hall–Kier alpha value is -1.50. The van der Waals surface area contributed by atoms with Gasteiger partial charge in [-0.3, -0.25) is 0 Å². The Morgan fingerprint density at radius 1 is 1.00 bits per heavy atom. The average molecular weight is 256 g/mol. The summed E-state index contributed by atoms with van der Waals surface area (Å²) in [6, 6.07) is 13.1. The van der Waals surface area contributed by atoms with Gasteiger partial charge in [0, 0.05) is 0 Å². The predicted molar refractivity (Wildman–Crippen MR) is 83.1 cm³/mol. The molecule has 0 amide bonds. The fourth-order valence-corrected chi connectivity index (χ4v) is 2.54. The molecule has 0 aliphatic heterocycles. The number of rotatable bonds is 6. The maximum absolute atomic E-state index is 5.27. The lowest BCUT2D eigenvalue weighted by atomic mass is 9.93. The Balaban J connectivity index is 2.16. The second-order valence-corrected chi connectivity index (χ2v) is 5.37. The van der Waals surface area contributed by atoms with E-state index >= 15 is 0 Å². The SMILES string of the molecule is CCCCCC(C)c1ccc2cc(OC)ccc2c1. The molecule has 1 unspecified atom stereocenters. The van der Waals surface area contributed by atoms with Crippen molar-refractivity contribution in [3.63, 3.8) is 0 Å². The van der Waals surface area contributed by atoms with Crippen molar-refractivity contribution in [1.29, 1.82) is 0 Å². The normalized spacial score (nSPS) is 12.6. The second-order valence-electron chi connectivity index (χ2n) is 5.37. The van der Waals surface area contributed by atoms with E-state index in [1.807, 2.05) is 6.07 Å². The highest BCUT2D eigenvalue weighted by Gasteiger charge is 2.06. The van der Waals surface area contributed by atoms with Crippen LogP contribution in [-0.4, -0.2) is 7.11 Å². The molecular weight excluding hydrogens is 232 g/mol. The molecule has 0 aliphatic rings. The average Bonchev–Trinajstić information content (AvgIpc) is 2.46. The van der Waals surface area contributed by atoms with Gasteiger partial charge in [-0.05, 0) is 40.8 Å². The van der Waals surface area contributed by atoms with Crippen LogP contribution >= 0.6 is 0 Å². The molecule has 0 bridgehead atoms. The van der Waals surface area contributed by atoms with Crippen LogP contribution in [-0.2, 0) is 0 Å². The van der Waals surface area contributed by atoms with E-state index in [1.54, 1.807) is 7.11 Å². The van der Waals surface area contributed by atoms with E-state index in [2.05, 4.69) is 44.2 Å². The van der Waals surface area contributed by atoms with Crippen LogP contribution in [0.15, 0.2) is 36.4 Å². The zero-order valence-corrected chi connectivity index (χ0v) is 12.3. The summed E-state index contributed by atoms with van der Waals surface area (Å²) in [6.45, 7) is 4.59. The number of unbranched alkanes of at least 4 members (excludes halogenated alkanes) is 2. The predicted octanol–water partition coefficient (Wildman–Crippen LogP) is 5.53. The molecule has 102 valence electrons. The van der Waals surface area contributed by atoms with Crippen LogP contribution < -0.4 is 4.74 Å². The van der Waals surface area contributed by atoms with Gasteiger partial charge in [0.25, 0.3) is 0 Å². The summed E-state index contributed by atoms with van der Waals surface area (Å²) in [7, 11) is 1.71. The quantitative estimate of drug-likeness (QED) is 0.617. The van der Waals surface area contributed by atoms with E-state index in [0.717, 1.165) is 5.75 Å². The van der Waals surface area contributed by atoms with Crippen LogP contribution in [0.3, 0.4) is 0 Å². The molecule has 1 atom stereocenters. The molecular formula is C18H24O. The molecule has 19 heavy (non-hydrogen) atoms. The van der Waals surface area contributed by atoms with Crippen LogP contribution in [0.1, 0.15) is 51.0 Å². The van der Waals surface area contributed by atoms with E-state index in [4.69, 9.17) is 4.74 Å². The molecule has 0 fully saturated rings. The highest BCUT2D eigenvalue weighted by Crippen LogP contribution is 2.27. The number of methoxy groups -OCH3 is 1. The number of ether oxygens (including phenoxy) is 1. The fourth-order valence-electron chi connectivity index (χ4n) is 2.54. The Bertz CT molecular complexity index is 530. The first-order valence-corrected chi connectivity index (χ1v) is 7.32. The third kappa shape index (κ3) is 3.50. The van der Waals surface area contributed by atoms with Crippen molar-refractivity contribution in [3.8, 4) is 5.75 Å². The maximum atomic E-state index is 5.27. The molecule has 0 N–H and O–H groups in total. The lowest BCUT2D eigenvalue weighted by molar-refractivity contribution is 0.415. The third-order valence-electron chi connectivity index (χ3n) is 3.88. The lowest BCUT2D eigenvalue weighted by Crippen LogP contribution is -1.94. The molecule has 2 rings (SSSR count). The van der Waals surface area contributed by atoms with Gasteiger partial charge >= 0.3 is 0 Å². The standard InChI is InChI=1S/C18H24O/c1-4-5-6-7-14(2)15-8-9-17-13-18(19-3)11-10-16(17)12-15/h8-14H,4-7H2,1-3H3. The van der Waals surface area contributed by atoms with E-state index in [9.17, 15) is 0 Å². The molecule has 2 aromatic rings. The zero-order valence-electron chi connectivity index (χ0n) is 12.3. The summed E-state index contributed by atoms with van der Waals surface area (Å²) in [6.07, 6.45) is 5.26. The minimum atomic E-state index is 0.651. The van der Waals surface area contributed by atoms with Crippen molar-refractivity contribution in [2.45, 2.75) is 45.4 Å². The minimum absolute atomic E-state index is 0.651. The summed E-state index contributed by atoms with van der Waals surface area (Å²) in [4.78, 5) is 0. The molecule has 0 aromatic heterocycles. The third-order valence-corrected chi connectivity index (χ3v) is 3.88. The van der Waals surface area contributed by atoms with Crippen molar-refractivity contribution in [2.75, 3.05) is 7.11 Å². The second kappa shape index (κ2) is 6.60. The molecule has 0 saturated heterocycles. The van der Waals surface area contributed by atoms with Gasteiger partial charge < -0.3 is 4.74 Å². The first-order valence-electron chi connectivity index (χ1n) is 7.32. The highest BCUT2D eigenvalue weighted by atomic mass is 16.5. The van der Waals surface area contributed by atoms with Gasteiger partial charge in [-0.1, -0.05) is 57.4 Å². The van der Waals surface area contributed by atoms with Crippen molar-refractivity contribution in [3.05, 3.63) is 42.0 Å². The zero-order chi connectivity index (χ0) is 13.7. The number of hydrogen-bond acceptors (Lipinski definition) is 1. The first kappa shape index (κ1) is 13.9. The molecule has 2 aromatic carbocycles. The van der Waals surface area contributed by atoms with Crippen LogP contribution in [0.5, 0.6) is 5.75 Å². The smallest absolute Gasteiger partial charge is 0.119 e. The summed E-state index contributed by atoms with van der Waals surface area (Å²) in [5.41, 5.74) is 1.45. The van der Waals surface area contributed by atoms with Crippen molar-refractivity contribution in [2.24, 2.45) is 0 Å². The lowest BCUT2D eigenvalue weighted by Gasteiger charge is -2.13. The topological polar surface area (TPSA) is 9.23 Å². The molecule has 1 heteroatoms. The molecule has 0 spiro atoms. The summed E-state index contributed by atoms with van der Waals surface area (Å²) in [5.74, 6) is 1.58. The Kier molecular flexibility index (Phi) is 4.84. The van der Waals surface area contributed by atoms with Gasteiger partial charge in [0.1, 0.15) is 5.75 Å². The first-order chi connectivity index (χ1) is 9.24. The van der Waals surface area contributed by atoms with E-state index < -0.39 is 0 Å². The molecule has 0 saturated carbocycles. The number of fused-ring (bicyclic) bond motifs is 1. The monoisotopic (exact) mass is 256 g/mol. The molecule has 0 radical (unpaired) electrons. The Morgan fingerprint density at radius 3 is 2.47 bits per heavy atom. The van der Waals surface area contributed by atoms with Crippen LogP contribution in [0.4, 0.5) is 0 Å². The van der Waals surface area contributed by atoms with Gasteiger partial charge in [-0.2, -0.15) is 0 Å². The van der Waals surface area contributed by atoms with Gasteiger partial charge in [-0.25, -0.2) is 0 Å². The van der Waals surface area contributed by atoms with Crippen LogP contribution in [0.25, 0.3) is 10.8 Å². The molecule has 0 heterocycles. The Labute approximate surface area is 116 Å². The van der Waals surface area contributed by atoms with Gasteiger partial charge in [0.15, 0.2) is 0 Å². The van der Waals surface area contributed by atoms with Crippen molar-refractivity contribution < 1.29 is 4.74 Å². The van der Waals surface area contributed by atoms with Gasteiger partial charge in [-0.15, -0.1) is 0 Å². The fraction of sp³-hybridized carbons (Fsp3) is 0.444. The Morgan fingerprint density at radius 2 is 1.74 bits per heavy atom. The van der Waals surface area contributed by atoms with Crippen molar-refractivity contribution in [1.82, 2.24) is 0 Å². The summed E-state index contributed by atoms with van der Waals surface area (Å²) >= 11 is 0. The molecule has 1 nitrogen and oxygen atoms in total. The van der Waals surface area contributed by atoms with E-state index in [-0.39, 0.29) is 0 Å². The van der Waals surface area contributed by atoms with Crippen LogP contribution in [0, 0.1) is 0 Å². The van der Waals surface area contributed by atoms with E-state index in [0.29, 0.717) is 5.92 Å². The summed E-state index contributed by atoms with van der Waals surface area (Å²) in [5, 5.41) is 2.56. The number of benzene rings is 2. The largest absolute Gasteiger partial charge is 0.497 e. The molecule has 0 aliphatic carbocycles. The van der Waals surface area contributed by atoms with Gasteiger partial charge in [0.2, 0.25) is 0 Å². The van der Waals surface area contributed by atoms with E-state index in [1.165, 1.54) is 42.0 Å². The number of hydrogen-bond donors (Lipinski definition) is 0. The minimum Gasteiger partial charge on any atom is -0.497 e. The highest BCUT2D eigenvalue weighted by molar-refractivity contribution is 5.84. The van der Waals surface area contributed by atoms with Crippen molar-refractivity contribution >= 4 is 10.8 Å². The van der Waals surface area contributed by atoms with Crippen LogP contribution in [0.2, 0.25) is 0 Å².